The van der Waals surface area contributed by atoms with Gasteiger partial charge in [-0.1, -0.05) is 60.1 Å². The Labute approximate surface area is 210 Å². The summed E-state index contributed by atoms with van der Waals surface area (Å²) in [5, 5.41) is 3.40. The van der Waals surface area contributed by atoms with Crippen molar-refractivity contribution >= 4 is 33.4 Å². The zero-order valence-corrected chi connectivity index (χ0v) is 21.0. The number of halogens is 1. The number of nitrogens with one attached hydrogen (secondary N) is 1. The molecule has 3 aromatic rings. The van der Waals surface area contributed by atoms with Crippen molar-refractivity contribution in [3.8, 4) is 0 Å². The van der Waals surface area contributed by atoms with Crippen LogP contribution in [0.3, 0.4) is 0 Å². The van der Waals surface area contributed by atoms with Crippen molar-refractivity contribution in [2.45, 2.75) is 19.1 Å². The number of aromatic nitrogens is 1. The van der Waals surface area contributed by atoms with Gasteiger partial charge in [0.25, 0.3) is 0 Å². The molecule has 35 heavy (non-hydrogen) atoms. The second-order valence-corrected chi connectivity index (χ2v) is 10.5. The van der Waals surface area contributed by atoms with Crippen LogP contribution in [-0.4, -0.2) is 54.3 Å². The Morgan fingerprint density at radius 2 is 1.66 bits per heavy atom. The first-order valence-corrected chi connectivity index (χ1v) is 13.1. The van der Waals surface area contributed by atoms with Crippen molar-refractivity contribution in [1.82, 2.24) is 19.5 Å². The number of rotatable bonds is 10. The molecule has 184 valence electrons. The van der Waals surface area contributed by atoms with Gasteiger partial charge < -0.3 is 10.2 Å². The normalized spacial score (nSPS) is 12.2. The maximum atomic E-state index is 13.5. The molecule has 10 heteroatoms. The Hall–Kier alpha value is -3.27. The van der Waals surface area contributed by atoms with Crippen molar-refractivity contribution in [2.24, 2.45) is 0 Å². The van der Waals surface area contributed by atoms with Crippen molar-refractivity contribution < 1.29 is 18.0 Å². The lowest BCUT2D eigenvalue weighted by Gasteiger charge is -2.32. The molecule has 0 fully saturated rings. The first-order valence-electron chi connectivity index (χ1n) is 10.8. The molecule has 2 aromatic carbocycles. The van der Waals surface area contributed by atoms with E-state index in [1.165, 1.54) is 11.9 Å². The van der Waals surface area contributed by atoms with Gasteiger partial charge >= 0.3 is 0 Å². The quantitative estimate of drug-likeness (QED) is 0.448. The summed E-state index contributed by atoms with van der Waals surface area (Å²) in [6.45, 7) is -0.164. The van der Waals surface area contributed by atoms with E-state index in [1.807, 2.05) is 12.1 Å². The van der Waals surface area contributed by atoms with Crippen LogP contribution in [0.5, 0.6) is 0 Å². The van der Waals surface area contributed by atoms with E-state index in [-0.39, 0.29) is 13.1 Å². The summed E-state index contributed by atoms with van der Waals surface area (Å²) < 4.78 is 24.9. The highest BCUT2D eigenvalue weighted by Crippen LogP contribution is 2.25. The van der Waals surface area contributed by atoms with Crippen LogP contribution in [0, 0.1) is 0 Å². The third-order valence-electron chi connectivity index (χ3n) is 5.36. The third kappa shape index (κ3) is 7.61. The molecule has 1 aromatic heterocycles. The molecule has 0 saturated heterocycles. The Bertz CT molecular complexity index is 1240. The average molecular weight is 515 g/mol. The van der Waals surface area contributed by atoms with Crippen molar-refractivity contribution in [3.63, 3.8) is 0 Å². The van der Waals surface area contributed by atoms with E-state index in [4.69, 9.17) is 11.6 Å². The number of carbonyl (C=O) groups excluding carboxylic acids is 2. The summed E-state index contributed by atoms with van der Waals surface area (Å²) >= 11 is 6.01. The summed E-state index contributed by atoms with van der Waals surface area (Å²) in [6, 6.07) is 20.2. The predicted molar refractivity (Wildman–Crippen MR) is 135 cm³/mol. The van der Waals surface area contributed by atoms with Gasteiger partial charge in [0, 0.05) is 24.8 Å². The lowest BCUT2D eigenvalue weighted by atomic mass is 10.0. The Morgan fingerprint density at radius 3 is 2.26 bits per heavy atom. The molecule has 0 aliphatic carbocycles. The number of benzene rings is 2. The van der Waals surface area contributed by atoms with Crippen LogP contribution >= 0.6 is 11.6 Å². The van der Waals surface area contributed by atoms with Gasteiger partial charge in [-0.3, -0.25) is 14.6 Å². The molecule has 3 rings (SSSR count). The largest absolute Gasteiger partial charge is 0.348 e. The summed E-state index contributed by atoms with van der Waals surface area (Å²) in [6.07, 6.45) is 2.66. The molecule has 0 aliphatic rings. The number of likely N-dealkylation sites (N-methyl/N-ethyl adjacent to an activating group) is 1. The van der Waals surface area contributed by atoms with Crippen LogP contribution < -0.4 is 5.32 Å². The topological polar surface area (TPSA) is 99.7 Å². The van der Waals surface area contributed by atoms with E-state index >= 15 is 0 Å². The average Bonchev–Trinajstić information content (AvgIpc) is 2.84. The molecular weight excluding hydrogens is 488 g/mol. The van der Waals surface area contributed by atoms with Gasteiger partial charge in [0.15, 0.2) is 0 Å². The summed E-state index contributed by atoms with van der Waals surface area (Å²) in [5.41, 5.74) is 2.00. The number of hydrogen-bond acceptors (Lipinski definition) is 5. The van der Waals surface area contributed by atoms with Gasteiger partial charge in [-0.15, -0.1) is 0 Å². The van der Waals surface area contributed by atoms with Crippen LogP contribution in [0.4, 0.5) is 0 Å². The zero-order valence-electron chi connectivity index (χ0n) is 19.5. The maximum absolute atomic E-state index is 13.5. The minimum atomic E-state index is -3.61. The minimum absolute atomic E-state index is 0.0736. The number of carbonyl (C=O) groups is 2. The summed E-state index contributed by atoms with van der Waals surface area (Å²) in [7, 11) is -2.28. The van der Waals surface area contributed by atoms with Gasteiger partial charge in [0.05, 0.1) is 25.0 Å². The second kappa shape index (κ2) is 11.9. The summed E-state index contributed by atoms with van der Waals surface area (Å²) in [5.74, 6) is -0.930. The molecule has 0 saturated carbocycles. The lowest BCUT2D eigenvalue weighted by Crippen LogP contribution is -2.47. The Balaban J connectivity index is 1.97. The molecule has 1 unspecified atom stereocenters. The van der Waals surface area contributed by atoms with E-state index in [9.17, 15) is 18.0 Å². The fourth-order valence-corrected chi connectivity index (χ4v) is 3.86. The molecule has 0 radical (unpaired) electrons. The van der Waals surface area contributed by atoms with Crippen molar-refractivity contribution in [3.05, 3.63) is 101 Å². The van der Waals surface area contributed by atoms with E-state index in [0.717, 1.165) is 16.1 Å². The van der Waals surface area contributed by atoms with E-state index in [0.29, 0.717) is 16.3 Å². The minimum Gasteiger partial charge on any atom is -0.348 e. The molecule has 1 heterocycles. The van der Waals surface area contributed by atoms with E-state index < -0.39 is 34.4 Å². The molecule has 1 atom stereocenters. The van der Waals surface area contributed by atoms with Crippen LogP contribution in [0.25, 0.3) is 0 Å². The van der Waals surface area contributed by atoms with Crippen molar-refractivity contribution in [1.29, 1.82) is 0 Å². The van der Waals surface area contributed by atoms with Crippen molar-refractivity contribution in [2.75, 3.05) is 19.8 Å². The number of nitrogens with zero attached hydrogens (tertiary/aromatic N) is 3. The fraction of sp³-hybridized carbons (Fsp3) is 0.240. The standard InChI is InChI=1S/C25H27ClN4O4S/c1-29(35(2,33)34)18-23(31)30(17-19-11-13-21(26)14-12-19)24(20-8-4-3-5-9-20)25(32)28-16-22-10-6-7-15-27-22/h3-15,24H,16-18H2,1-2H3,(H,28,32). The second-order valence-electron chi connectivity index (χ2n) is 8.02. The molecule has 2 amide bonds. The first kappa shape index (κ1) is 26.3. The van der Waals surface area contributed by atoms with E-state index in [2.05, 4.69) is 10.3 Å². The smallest absolute Gasteiger partial charge is 0.247 e. The van der Waals surface area contributed by atoms with Gasteiger partial charge in [0.2, 0.25) is 21.8 Å². The van der Waals surface area contributed by atoms with Gasteiger partial charge in [-0.25, -0.2) is 8.42 Å². The molecule has 1 N–H and O–H groups in total. The van der Waals surface area contributed by atoms with Crippen LogP contribution in [0.1, 0.15) is 22.9 Å². The Kier molecular flexibility index (Phi) is 8.97. The molecule has 8 nitrogen and oxygen atoms in total. The number of hydrogen-bond donors (Lipinski definition) is 1. The number of sulfonamides is 1. The maximum Gasteiger partial charge on any atom is 0.247 e. The van der Waals surface area contributed by atoms with Gasteiger partial charge in [-0.05, 0) is 35.4 Å². The molecule has 0 aliphatic heterocycles. The molecular formula is C25H27ClN4O4S. The zero-order chi connectivity index (χ0) is 25.4. The lowest BCUT2D eigenvalue weighted by molar-refractivity contribution is -0.141. The highest BCUT2D eigenvalue weighted by molar-refractivity contribution is 7.88. The molecule has 0 bridgehead atoms. The fourth-order valence-electron chi connectivity index (χ4n) is 3.39. The monoisotopic (exact) mass is 514 g/mol. The number of pyridine rings is 1. The molecule has 0 spiro atoms. The van der Waals surface area contributed by atoms with Gasteiger partial charge in [-0.2, -0.15) is 4.31 Å². The summed E-state index contributed by atoms with van der Waals surface area (Å²) in [4.78, 5) is 32.6. The third-order valence-corrected chi connectivity index (χ3v) is 6.87. The van der Waals surface area contributed by atoms with Crippen LogP contribution in [0.2, 0.25) is 5.02 Å². The van der Waals surface area contributed by atoms with Crippen LogP contribution in [-0.2, 0) is 32.7 Å². The predicted octanol–water partition coefficient (Wildman–Crippen LogP) is 3.01. The SMILES string of the molecule is CN(CC(=O)N(Cc1ccc(Cl)cc1)C(C(=O)NCc1ccccn1)c1ccccc1)S(C)(=O)=O. The van der Waals surface area contributed by atoms with Gasteiger partial charge in [0.1, 0.15) is 6.04 Å². The Morgan fingerprint density at radius 1 is 1.00 bits per heavy atom. The number of amides is 2. The highest BCUT2D eigenvalue weighted by atomic mass is 35.5. The highest BCUT2D eigenvalue weighted by Gasteiger charge is 2.32. The van der Waals surface area contributed by atoms with E-state index in [1.54, 1.807) is 66.9 Å². The van der Waals surface area contributed by atoms with Crippen LogP contribution in [0.15, 0.2) is 79.0 Å². The first-order chi connectivity index (χ1) is 16.6.